The second kappa shape index (κ2) is 6.41. The Balaban J connectivity index is 2.10. The fourth-order valence-electron chi connectivity index (χ4n) is 2.13. The second-order valence-corrected chi connectivity index (χ2v) is 4.81. The Morgan fingerprint density at radius 1 is 1.36 bits per heavy atom. The standard InChI is InChI=1S/C12H26N2/c1-3-10(2)8-9-14-12-7-5-4-6-11(12)13/h10-12,14H,3-9,13H2,1-2H3. The van der Waals surface area contributed by atoms with E-state index in [0.717, 1.165) is 12.5 Å². The lowest BCUT2D eigenvalue weighted by molar-refractivity contribution is 0.319. The Kier molecular flexibility index (Phi) is 5.49. The molecule has 0 aliphatic heterocycles. The lowest BCUT2D eigenvalue weighted by atomic mass is 9.91. The van der Waals surface area contributed by atoms with Crippen LogP contribution >= 0.6 is 0 Å². The fourth-order valence-corrected chi connectivity index (χ4v) is 2.13. The Labute approximate surface area is 88.6 Å². The van der Waals surface area contributed by atoms with Crippen molar-refractivity contribution in [3.8, 4) is 0 Å². The van der Waals surface area contributed by atoms with E-state index in [2.05, 4.69) is 19.2 Å². The first-order valence-electron chi connectivity index (χ1n) is 6.23. The van der Waals surface area contributed by atoms with E-state index in [1.807, 2.05) is 0 Å². The Bertz CT molecular complexity index is 147. The minimum atomic E-state index is 0.403. The van der Waals surface area contributed by atoms with Crippen LogP contribution in [-0.4, -0.2) is 18.6 Å². The molecule has 84 valence electrons. The van der Waals surface area contributed by atoms with Gasteiger partial charge in [0.25, 0.3) is 0 Å². The molecule has 0 aromatic carbocycles. The third-order valence-electron chi connectivity index (χ3n) is 3.56. The van der Waals surface area contributed by atoms with Crippen LogP contribution in [0.15, 0.2) is 0 Å². The van der Waals surface area contributed by atoms with Crippen LogP contribution in [0.25, 0.3) is 0 Å². The molecule has 0 bridgehead atoms. The van der Waals surface area contributed by atoms with Gasteiger partial charge in [-0.3, -0.25) is 0 Å². The molecule has 1 rings (SSSR count). The third-order valence-corrected chi connectivity index (χ3v) is 3.56. The first-order valence-corrected chi connectivity index (χ1v) is 6.23. The highest BCUT2D eigenvalue weighted by Crippen LogP contribution is 2.17. The third kappa shape index (κ3) is 3.97. The zero-order chi connectivity index (χ0) is 10.4. The van der Waals surface area contributed by atoms with Crippen LogP contribution in [-0.2, 0) is 0 Å². The van der Waals surface area contributed by atoms with Crippen molar-refractivity contribution in [1.29, 1.82) is 0 Å². The monoisotopic (exact) mass is 198 g/mol. The van der Waals surface area contributed by atoms with Gasteiger partial charge in [-0.2, -0.15) is 0 Å². The predicted molar refractivity (Wildman–Crippen MR) is 62.3 cm³/mol. The van der Waals surface area contributed by atoms with Gasteiger partial charge < -0.3 is 11.1 Å². The van der Waals surface area contributed by atoms with Crippen LogP contribution < -0.4 is 11.1 Å². The quantitative estimate of drug-likeness (QED) is 0.711. The average molecular weight is 198 g/mol. The summed E-state index contributed by atoms with van der Waals surface area (Å²) < 4.78 is 0. The van der Waals surface area contributed by atoms with Crippen LogP contribution in [0.2, 0.25) is 0 Å². The SMILES string of the molecule is CCC(C)CCNC1CCCCC1N. The van der Waals surface area contributed by atoms with E-state index in [9.17, 15) is 0 Å². The molecule has 0 aromatic heterocycles. The van der Waals surface area contributed by atoms with E-state index >= 15 is 0 Å². The normalized spacial score (nSPS) is 30.2. The van der Waals surface area contributed by atoms with Gasteiger partial charge in [0.1, 0.15) is 0 Å². The first kappa shape index (κ1) is 12.0. The first-order chi connectivity index (χ1) is 6.74. The zero-order valence-corrected chi connectivity index (χ0v) is 9.76. The van der Waals surface area contributed by atoms with Gasteiger partial charge in [-0.05, 0) is 31.7 Å². The van der Waals surface area contributed by atoms with E-state index in [1.54, 1.807) is 0 Å². The summed E-state index contributed by atoms with van der Waals surface area (Å²) in [6.45, 7) is 5.73. The molecule has 3 unspecified atom stereocenters. The molecule has 2 nitrogen and oxygen atoms in total. The van der Waals surface area contributed by atoms with Crippen molar-refractivity contribution in [1.82, 2.24) is 5.32 Å². The summed E-state index contributed by atoms with van der Waals surface area (Å²) in [7, 11) is 0. The predicted octanol–water partition coefficient (Wildman–Crippen LogP) is 2.28. The van der Waals surface area contributed by atoms with Gasteiger partial charge in [0.05, 0.1) is 0 Å². The highest BCUT2D eigenvalue weighted by molar-refractivity contribution is 4.83. The van der Waals surface area contributed by atoms with Crippen molar-refractivity contribution in [2.24, 2.45) is 11.7 Å². The van der Waals surface area contributed by atoms with Crippen molar-refractivity contribution in [3.05, 3.63) is 0 Å². The molecular formula is C12H26N2. The maximum atomic E-state index is 6.07. The molecule has 0 spiro atoms. The molecular weight excluding hydrogens is 172 g/mol. The molecule has 1 aliphatic rings. The maximum Gasteiger partial charge on any atom is 0.0219 e. The Hall–Kier alpha value is -0.0800. The number of hydrogen-bond donors (Lipinski definition) is 2. The summed E-state index contributed by atoms with van der Waals surface area (Å²) in [5.41, 5.74) is 6.07. The highest BCUT2D eigenvalue weighted by atomic mass is 15.0. The van der Waals surface area contributed by atoms with Crippen LogP contribution in [0.1, 0.15) is 52.4 Å². The largest absolute Gasteiger partial charge is 0.326 e. The highest BCUT2D eigenvalue weighted by Gasteiger charge is 2.20. The minimum absolute atomic E-state index is 0.403. The molecule has 0 amide bonds. The Morgan fingerprint density at radius 3 is 2.71 bits per heavy atom. The molecule has 1 fully saturated rings. The lowest BCUT2D eigenvalue weighted by Gasteiger charge is -2.29. The van der Waals surface area contributed by atoms with Crippen molar-refractivity contribution < 1.29 is 0 Å². The van der Waals surface area contributed by atoms with Crippen molar-refractivity contribution in [2.75, 3.05) is 6.54 Å². The van der Waals surface area contributed by atoms with E-state index in [4.69, 9.17) is 5.73 Å². The van der Waals surface area contributed by atoms with Crippen LogP contribution in [0.3, 0.4) is 0 Å². The summed E-state index contributed by atoms with van der Waals surface area (Å²) >= 11 is 0. The van der Waals surface area contributed by atoms with E-state index in [0.29, 0.717) is 12.1 Å². The molecule has 14 heavy (non-hydrogen) atoms. The lowest BCUT2D eigenvalue weighted by Crippen LogP contribution is -2.47. The summed E-state index contributed by atoms with van der Waals surface area (Å²) in [5.74, 6) is 0.849. The van der Waals surface area contributed by atoms with E-state index in [1.165, 1.54) is 38.5 Å². The van der Waals surface area contributed by atoms with Crippen LogP contribution in [0.5, 0.6) is 0 Å². The molecule has 0 radical (unpaired) electrons. The van der Waals surface area contributed by atoms with E-state index in [-0.39, 0.29) is 0 Å². The van der Waals surface area contributed by atoms with Gasteiger partial charge in [0, 0.05) is 12.1 Å². The van der Waals surface area contributed by atoms with E-state index < -0.39 is 0 Å². The smallest absolute Gasteiger partial charge is 0.0219 e. The zero-order valence-electron chi connectivity index (χ0n) is 9.76. The molecule has 3 N–H and O–H groups in total. The number of nitrogens with two attached hydrogens (primary N) is 1. The van der Waals surface area contributed by atoms with Crippen molar-refractivity contribution in [2.45, 2.75) is 64.5 Å². The van der Waals surface area contributed by atoms with Crippen LogP contribution in [0, 0.1) is 5.92 Å². The summed E-state index contributed by atoms with van der Waals surface area (Å²) in [6.07, 6.45) is 7.75. The summed E-state index contributed by atoms with van der Waals surface area (Å²) in [4.78, 5) is 0. The topological polar surface area (TPSA) is 38.0 Å². The molecule has 3 atom stereocenters. The fraction of sp³-hybridized carbons (Fsp3) is 1.00. The van der Waals surface area contributed by atoms with Crippen LogP contribution in [0.4, 0.5) is 0 Å². The molecule has 2 heteroatoms. The van der Waals surface area contributed by atoms with Gasteiger partial charge in [0.2, 0.25) is 0 Å². The minimum Gasteiger partial charge on any atom is -0.326 e. The van der Waals surface area contributed by atoms with Gasteiger partial charge >= 0.3 is 0 Å². The molecule has 0 saturated heterocycles. The average Bonchev–Trinajstić information content (AvgIpc) is 2.20. The van der Waals surface area contributed by atoms with Gasteiger partial charge in [-0.1, -0.05) is 33.1 Å². The molecule has 0 aromatic rings. The van der Waals surface area contributed by atoms with Crippen molar-refractivity contribution >= 4 is 0 Å². The molecule has 1 saturated carbocycles. The number of nitrogens with one attached hydrogen (secondary N) is 1. The molecule has 1 aliphatic carbocycles. The second-order valence-electron chi connectivity index (χ2n) is 4.81. The van der Waals surface area contributed by atoms with Crippen molar-refractivity contribution in [3.63, 3.8) is 0 Å². The summed E-state index contributed by atoms with van der Waals surface area (Å²) in [5, 5.41) is 3.61. The molecule has 0 heterocycles. The van der Waals surface area contributed by atoms with Gasteiger partial charge in [-0.25, -0.2) is 0 Å². The number of hydrogen-bond acceptors (Lipinski definition) is 2. The Morgan fingerprint density at radius 2 is 2.07 bits per heavy atom. The summed E-state index contributed by atoms with van der Waals surface area (Å²) in [6, 6.07) is 0.994. The maximum absolute atomic E-state index is 6.07. The van der Waals surface area contributed by atoms with Gasteiger partial charge in [-0.15, -0.1) is 0 Å². The number of rotatable bonds is 5. The van der Waals surface area contributed by atoms with Gasteiger partial charge in [0.15, 0.2) is 0 Å².